The van der Waals surface area contributed by atoms with Crippen LogP contribution in [0.15, 0.2) is 0 Å². The standard InChI is InChI=1S/C17H37N.C6H12N2O2/c1-3-5-7-9-10-11-12-13-15-17-18-16-14-8-6-4-2;7-5(9)3-1-2-4-6(8)10/h18H,3-17H2,1-2H3;1-4H2,(H2,7,9)(H2,8,10). The molecule has 5 N–H and O–H groups in total. The van der Waals surface area contributed by atoms with Crippen LogP contribution in [0.25, 0.3) is 0 Å². The molecule has 0 bridgehead atoms. The summed E-state index contributed by atoms with van der Waals surface area (Å²) >= 11 is 0. The van der Waals surface area contributed by atoms with E-state index in [2.05, 4.69) is 19.2 Å². The first kappa shape index (κ1) is 29.1. The van der Waals surface area contributed by atoms with Crippen LogP contribution in [0.5, 0.6) is 0 Å². The molecule has 0 saturated carbocycles. The highest BCUT2D eigenvalue weighted by atomic mass is 16.1. The second kappa shape index (κ2) is 25.9. The summed E-state index contributed by atoms with van der Waals surface area (Å²) in [5.41, 5.74) is 9.71. The van der Waals surface area contributed by atoms with Gasteiger partial charge in [-0.3, -0.25) is 9.59 Å². The van der Waals surface area contributed by atoms with E-state index in [9.17, 15) is 9.59 Å². The number of carbonyl (C=O) groups excluding carboxylic acids is 2. The second-order valence-corrected chi connectivity index (χ2v) is 7.78. The Hall–Kier alpha value is -1.10. The molecule has 0 spiro atoms. The van der Waals surface area contributed by atoms with Crippen molar-refractivity contribution in [3.63, 3.8) is 0 Å². The average Bonchev–Trinajstić information content (AvgIpc) is 2.66. The van der Waals surface area contributed by atoms with Gasteiger partial charge < -0.3 is 16.8 Å². The predicted octanol–water partition coefficient (Wildman–Crippen LogP) is 5.20. The van der Waals surface area contributed by atoms with Gasteiger partial charge >= 0.3 is 0 Å². The Kier molecular flexibility index (Phi) is 26.9. The summed E-state index contributed by atoms with van der Waals surface area (Å²) in [6, 6.07) is 0. The summed E-state index contributed by atoms with van der Waals surface area (Å²) in [6.45, 7) is 7.03. The summed E-state index contributed by atoms with van der Waals surface area (Å²) in [6.07, 6.45) is 20.4. The van der Waals surface area contributed by atoms with Crippen molar-refractivity contribution in [3.8, 4) is 0 Å². The van der Waals surface area contributed by atoms with Gasteiger partial charge in [0.25, 0.3) is 0 Å². The van der Waals surface area contributed by atoms with E-state index in [1.807, 2.05) is 0 Å². The summed E-state index contributed by atoms with van der Waals surface area (Å²) in [5.74, 6) is -0.658. The Morgan fingerprint density at radius 1 is 0.536 bits per heavy atom. The van der Waals surface area contributed by atoms with Crippen molar-refractivity contribution in [2.45, 2.75) is 123 Å². The molecule has 0 atom stereocenters. The van der Waals surface area contributed by atoms with Crippen molar-refractivity contribution in [3.05, 3.63) is 0 Å². The Morgan fingerprint density at radius 3 is 1.21 bits per heavy atom. The molecule has 0 unspecified atom stereocenters. The Balaban J connectivity index is 0. The minimum Gasteiger partial charge on any atom is -0.370 e. The largest absolute Gasteiger partial charge is 0.370 e. The fourth-order valence-electron chi connectivity index (χ4n) is 2.96. The van der Waals surface area contributed by atoms with Gasteiger partial charge in [0, 0.05) is 12.8 Å². The maximum absolute atomic E-state index is 10.2. The van der Waals surface area contributed by atoms with Crippen LogP contribution in [-0.2, 0) is 9.59 Å². The monoisotopic (exact) mass is 399 g/mol. The van der Waals surface area contributed by atoms with Gasteiger partial charge in [-0.15, -0.1) is 0 Å². The minimum atomic E-state index is -0.329. The fraction of sp³-hybridized carbons (Fsp3) is 0.913. The second-order valence-electron chi connectivity index (χ2n) is 7.78. The number of nitrogens with one attached hydrogen (secondary N) is 1. The Morgan fingerprint density at radius 2 is 0.857 bits per heavy atom. The van der Waals surface area contributed by atoms with Crippen LogP contribution in [0, 0.1) is 0 Å². The third-order valence-electron chi connectivity index (χ3n) is 4.76. The van der Waals surface area contributed by atoms with Crippen LogP contribution >= 0.6 is 0 Å². The molecular weight excluding hydrogens is 350 g/mol. The van der Waals surface area contributed by atoms with Crippen molar-refractivity contribution < 1.29 is 9.59 Å². The van der Waals surface area contributed by atoms with E-state index in [0.717, 1.165) is 0 Å². The average molecular weight is 400 g/mol. The van der Waals surface area contributed by atoms with Gasteiger partial charge in [0.05, 0.1) is 0 Å². The van der Waals surface area contributed by atoms with E-state index in [4.69, 9.17) is 11.5 Å². The lowest BCUT2D eigenvalue weighted by molar-refractivity contribution is -0.119. The predicted molar refractivity (Wildman–Crippen MR) is 121 cm³/mol. The summed E-state index contributed by atoms with van der Waals surface area (Å²) in [4.78, 5) is 20.3. The molecule has 0 saturated heterocycles. The Bertz CT molecular complexity index is 304. The van der Waals surface area contributed by atoms with Gasteiger partial charge in [0.15, 0.2) is 0 Å². The zero-order chi connectivity index (χ0) is 21.3. The van der Waals surface area contributed by atoms with Gasteiger partial charge in [-0.1, -0.05) is 84.5 Å². The third-order valence-corrected chi connectivity index (χ3v) is 4.76. The van der Waals surface area contributed by atoms with Crippen molar-refractivity contribution in [2.24, 2.45) is 11.5 Å². The quantitative estimate of drug-likeness (QED) is 0.245. The smallest absolute Gasteiger partial charge is 0.217 e. The summed E-state index contributed by atoms with van der Waals surface area (Å²) < 4.78 is 0. The summed E-state index contributed by atoms with van der Waals surface area (Å²) in [7, 11) is 0. The normalized spacial score (nSPS) is 10.4. The summed E-state index contributed by atoms with van der Waals surface area (Å²) in [5, 5.41) is 3.56. The molecule has 0 radical (unpaired) electrons. The molecule has 0 aliphatic heterocycles. The first-order valence-electron chi connectivity index (χ1n) is 11.8. The molecule has 0 fully saturated rings. The fourth-order valence-corrected chi connectivity index (χ4v) is 2.96. The molecule has 0 aliphatic carbocycles. The molecule has 0 rings (SSSR count). The molecule has 0 aliphatic rings. The highest BCUT2D eigenvalue weighted by Crippen LogP contribution is 2.09. The molecule has 2 amide bonds. The van der Waals surface area contributed by atoms with Crippen LogP contribution in [0.4, 0.5) is 0 Å². The van der Waals surface area contributed by atoms with Crippen LogP contribution in [0.3, 0.4) is 0 Å². The number of rotatable bonds is 20. The maximum Gasteiger partial charge on any atom is 0.217 e. The lowest BCUT2D eigenvalue weighted by Gasteiger charge is -2.04. The topological polar surface area (TPSA) is 98.2 Å². The van der Waals surface area contributed by atoms with Gasteiger partial charge in [0.1, 0.15) is 0 Å². The van der Waals surface area contributed by atoms with Gasteiger partial charge in [-0.25, -0.2) is 0 Å². The van der Waals surface area contributed by atoms with Gasteiger partial charge in [-0.2, -0.15) is 0 Å². The number of carbonyl (C=O) groups is 2. The first-order chi connectivity index (χ1) is 13.5. The van der Waals surface area contributed by atoms with E-state index in [-0.39, 0.29) is 11.8 Å². The number of hydrogen-bond acceptors (Lipinski definition) is 3. The SMILES string of the molecule is CCCCCCCCCCCNCCCCCC.NC(=O)CCCCC(N)=O. The van der Waals surface area contributed by atoms with Crippen molar-refractivity contribution in [1.82, 2.24) is 5.32 Å². The highest BCUT2D eigenvalue weighted by Gasteiger charge is 1.96. The molecule has 168 valence electrons. The van der Waals surface area contributed by atoms with E-state index in [1.54, 1.807) is 0 Å². The number of primary amides is 2. The van der Waals surface area contributed by atoms with Crippen molar-refractivity contribution in [2.75, 3.05) is 13.1 Å². The van der Waals surface area contributed by atoms with Crippen LogP contribution in [0.1, 0.15) is 123 Å². The van der Waals surface area contributed by atoms with E-state index in [0.29, 0.717) is 25.7 Å². The molecule has 0 heterocycles. The minimum absolute atomic E-state index is 0.329. The zero-order valence-electron chi connectivity index (χ0n) is 18.9. The highest BCUT2D eigenvalue weighted by molar-refractivity contribution is 5.74. The first-order valence-corrected chi connectivity index (χ1v) is 11.8. The van der Waals surface area contributed by atoms with Gasteiger partial charge in [-0.05, 0) is 38.8 Å². The van der Waals surface area contributed by atoms with E-state index < -0.39 is 0 Å². The van der Waals surface area contributed by atoms with Crippen LogP contribution < -0.4 is 16.8 Å². The van der Waals surface area contributed by atoms with Crippen LogP contribution in [-0.4, -0.2) is 24.9 Å². The number of hydrogen-bond donors (Lipinski definition) is 3. The molecule has 0 aromatic carbocycles. The molecule has 0 aromatic rings. The maximum atomic E-state index is 10.2. The molecule has 5 nitrogen and oxygen atoms in total. The lowest BCUT2D eigenvalue weighted by Crippen LogP contribution is -2.16. The van der Waals surface area contributed by atoms with E-state index in [1.165, 1.54) is 96.6 Å². The molecule has 5 heteroatoms. The van der Waals surface area contributed by atoms with Crippen molar-refractivity contribution in [1.29, 1.82) is 0 Å². The molecular formula is C23H49N3O2. The number of amides is 2. The number of nitrogens with two attached hydrogens (primary N) is 2. The molecule has 28 heavy (non-hydrogen) atoms. The van der Waals surface area contributed by atoms with Crippen molar-refractivity contribution >= 4 is 11.8 Å². The third kappa shape index (κ3) is 32.6. The molecule has 0 aromatic heterocycles. The van der Waals surface area contributed by atoms with Crippen LogP contribution in [0.2, 0.25) is 0 Å². The Labute approximate surface area is 174 Å². The zero-order valence-corrected chi connectivity index (χ0v) is 18.9. The van der Waals surface area contributed by atoms with E-state index >= 15 is 0 Å². The van der Waals surface area contributed by atoms with Gasteiger partial charge in [0.2, 0.25) is 11.8 Å². The lowest BCUT2D eigenvalue weighted by atomic mass is 10.1. The number of unbranched alkanes of at least 4 members (excludes halogenated alkanes) is 12.